The smallest absolute Gasteiger partial charge is 0.230 e. The van der Waals surface area contributed by atoms with Gasteiger partial charge in [-0.2, -0.15) is 0 Å². The van der Waals surface area contributed by atoms with E-state index in [1.54, 1.807) is 18.5 Å². The number of thioether (sulfide) groups is 1. The molecule has 2 amide bonds. The van der Waals surface area contributed by atoms with Gasteiger partial charge in [0.1, 0.15) is 11.0 Å². The topological polar surface area (TPSA) is 91.3 Å². The number of carbonyl (C=O) groups excluding carboxylic acids is 2. The maximum absolute atomic E-state index is 12.7. The molecule has 2 aliphatic rings. The molecule has 1 aliphatic heterocycles. The number of nitrogens with zero attached hydrogens (tertiary/aromatic N) is 5. The quantitative estimate of drug-likeness (QED) is 0.374. The highest BCUT2D eigenvalue weighted by Crippen LogP contribution is 2.28. The minimum absolute atomic E-state index is 0.108. The summed E-state index contributed by atoms with van der Waals surface area (Å²) in [6.45, 7) is 3.23. The zero-order valence-electron chi connectivity index (χ0n) is 17.9. The second-order valence-corrected chi connectivity index (χ2v) is 9.38. The summed E-state index contributed by atoms with van der Waals surface area (Å²) in [5, 5.41) is 3.68. The molecule has 0 radical (unpaired) electrons. The first-order valence-corrected chi connectivity index (χ1v) is 12.3. The van der Waals surface area contributed by atoms with Crippen molar-refractivity contribution in [3.8, 4) is 0 Å². The third-order valence-corrected chi connectivity index (χ3v) is 6.87. The van der Waals surface area contributed by atoms with Crippen molar-refractivity contribution in [3.63, 3.8) is 0 Å². The van der Waals surface area contributed by atoms with Crippen LogP contribution in [0.15, 0.2) is 35.7 Å². The number of anilines is 1. The van der Waals surface area contributed by atoms with Gasteiger partial charge in [-0.15, -0.1) is 0 Å². The first-order valence-electron chi connectivity index (χ1n) is 11.0. The Morgan fingerprint density at radius 1 is 1.16 bits per heavy atom. The van der Waals surface area contributed by atoms with E-state index in [9.17, 15) is 9.59 Å². The molecule has 170 valence electrons. The van der Waals surface area contributed by atoms with Crippen LogP contribution in [-0.4, -0.2) is 63.6 Å². The van der Waals surface area contributed by atoms with Gasteiger partial charge in [0.25, 0.3) is 0 Å². The minimum atomic E-state index is -0.108. The number of aromatic nitrogens is 3. The van der Waals surface area contributed by atoms with Gasteiger partial charge in [0.2, 0.25) is 11.8 Å². The Morgan fingerprint density at radius 3 is 2.66 bits per heavy atom. The molecule has 2 aromatic heterocycles. The van der Waals surface area contributed by atoms with Crippen LogP contribution in [0, 0.1) is 5.92 Å². The number of pyridine rings is 1. The molecule has 3 heterocycles. The largest absolute Gasteiger partial charge is 0.353 e. The Labute approximate surface area is 197 Å². The summed E-state index contributed by atoms with van der Waals surface area (Å²) >= 11 is 7.48. The van der Waals surface area contributed by atoms with Crippen molar-refractivity contribution in [2.75, 3.05) is 36.8 Å². The minimum Gasteiger partial charge on any atom is -0.353 e. The van der Waals surface area contributed by atoms with Crippen molar-refractivity contribution in [2.45, 2.75) is 37.4 Å². The first kappa shape index (κ1) is 22.8. The van der Waals surface area contributed by atoms with E-state index in [-0.39, 0.29) is 17.6 Å². The highest BCUT2D eigenvalue weighted by Gasteiger charge is 2.29. The van der Waals surface area contributed by atoms with Gasteiger partial charge in [0.05, 0.1) is 5.75 Å². The monoisotopic (exact) mass is 474 g/mol. The van der Waals surface area contributed by atoms with Gasteiger partial charge < -0.3 is 15.1 Å². The van der Waals surface area contributed by atoms with Crippen molar-refractivity contribution >= 4 is 41.0 Å². The zero-order valence-corrected chi connectivity index (χ0v) is 19.4. The number of carbonyl (C=O) groups is 2. The summed E-state index contributed by atoms with van der Waals surface area (Å²) in [7, 11) is 0. The van der Waals surface area contributed by atoms with E-state index >= 15 is 0 Å². The SMILES string of the molecule is O=C(CSc1nc(Cl)cc(N2CCN(C(=O)C3CCCC3)CC2)n1)NCc1cccnc1. The maximum Gasteiger partial charge on any atom is 0.230 e. The lowest BCUT2D eigenvalue weighted by atomic mass is 10.1. The fourth-order valence-electron chi connectivity index (χ4n) is 4.08. The summed E-state index contributed by atoms with van der Waals surface area (Å²) in [6.07, 6.45) is 7.80. The molecular formula is C22H27ClN6O2S. The van der Waals surface area contributed by atoms with Gasteiger partial charge in [-0.3, -0.25) is 14.6 Å². The molecule has 1 aliphatic carbocycles. The predicted molar refractivity (Wildman–Crippen MR) is 125 cm³/mol. The predicted octanol–water partition coefficient (Wildman–Crippen LogP) is 2.77. The number of halogens is 1. The molecule has 8 nitrogen and oxygen atoms in total. The molecule has 32 heavy (non-hydrogen) atoms. The maximum atomic E-state index is 12.7. The van der Waals surface area contributed by atoms with Crippen LogP contribution in [0.5, 0.6) is 0 Å². The number of hydrogen-bond donors (Lipinski definition) is 1. The second-order valence-electron chi connectivity index (χ2n) is 8.05. The Bertz CT molecular complexity index is 933. The van der Waals surface area contributed by atoms with E-state index in [4.69, 9.17) is 11.6 Å². The van der Waals surface area contributed by atoms with Gasteiger partial charge in [-0.25, -0.2) is 9.97 Å². The van der Waals surface area contributed by atoms with E-state index in [1.807, 2.05) is 17.0 Å². The fourth-order valence-corrected chi connectivity index (χ4v) is 4.99. The molecule has 0 aromatic carbocycles. The Kier molecular flexibility index (Phi) is 7.81. The summed E-state index contributed by atoms with van der Waals surface area (Å²) in [5.41, 5.74) is 0.942. The zero-order chi connectivity index (χ0) is 22.3. The standard InChI is InChI=1S/C22H27ClN6O2S/c23-18-12-19(28-8-10-29(11-9-28)21(31)17-5-1-2-6-17)27-22(26-18)32-15-20(30)25-14-16-4-3-7-24-13-16/h3-4,7,12-13,17H,1-2,5-6,8-11,14-15H2,(H,25,30). The molecule has 1 N–H and O–H groups in total. The summed E-state index contributed by atoms with van der Waals surface area (Å²) < 4.78 is 0. The van der Waals surface area contributed by atoms with Crippen molar-refractivity contribution in [1.29, 1.82) is 0 Å². The third-order valence-electron chi connectivity index (χ3n) is 5.83. The summed E-state index contributed by atoms with van der Waals surface area (Å²) in [5.74, 6) is 1.34. The van der Waals surface area contributed by atoms with Crippen LogP contribution >= 0.6 is 23.4 Å². The molecule has 1 saturated carbocycles. The van der Waals surface area contributed by atoms with Gasteiger partial charge in [-0.05, 0) is 24.5 Å². The molecular weight excluding hydrogens is 448 g/mol. The van der Waals surface area contributed by atoms with Crippen LogP contribution in [0.1, 0.15) is 31.2 Å². The van der Waals surface area contributed by atoms with Crippen LogP contribution in [0.25, 0.3) is 0 Å². The fraction of sp³-hybridized carbons (Fsp3) is 0.500. The highest BCUT2D eigenvalue weighted by atomic mass is 35.5. The summed E-state index contributed by atoms with van der Waals surface area (Å²) in [6, 6.07) is 5.48. The number of nitrogens with one attached hydrogen (secondary N) is 1. The Morgan fingerprint density at radius 2 is 1.94 bits per heavy atom. The highest BCUT2D eigenvalue weighted by molar-refractivity contribution is 7.99. The van der Waals surface area contributed by atoms with Crippen molar-refractivity contribution in [2.24, 2.45) is 5.92 Å². The van der Waals surface area contributed by atoms with E-state index < -0.39 is 0 Å². The number of piperazine rings is 1. The van der Waals surface area contributed by atoms with Crippen LogP contribution in [-0.2, 0) is 16.1 Å². The van der Waals surface area contributed by atoms with Crippen molar-refractivity contribution in [3.05, 3.63) is 41.3 Å². The molecule has 0 bridgehead atoms. The molecule has 0 spiro atoms. The van der Waals surface area contributed by atoms with Gasteiger partial charge in [0, 0.05) is 57.1 Å². The number of rotatable bonds is 7. The summed E-state index contributed by atoms with van der Waals surface area (Å²) in [4.78, 5) is 41.8. The van der Waals surface area contributed by atoms with E-state index in [1.165, 1.54) is 11.8 Å². The Hall–Kier alpha value is -2.39. The van der Waals surface area contributed by atoms with Crippen molar-refractivity contribution < 1.29 is 9.59 Å². The molecule has 0 atom stereocenters. The average Bonchev–Trinajstić information content (AvgIpc) is 3.36. The first-order chi connectivity index (χ1) is 15.6. The third kappa shape index (κ3) is 6.10. The van der Waals surface area contributed by atoms with Crippen molar-refractivity contribution in [1.82, 2.24) is 25.2 Å². The Balaban J connectivity index is 1.28. The van der Waals surface area contributed by atoms with Crippen LogP contribution < -0.4 is 10.2 Å². The van der Waals surface area contributed by atoms with Gasteiger partial charge >= 0.3 is 0 Å². The molecule has 1 saturated heterocycles. The number of hydrogen-bond acceptors (Lipinski definition) is 7. The van der Waals surface area contributed by atoms with Crippen LogP contribution in [0.2, 0.25) is 5.15 Å². The van der Waals surface area contributed by atoms with E-state index in [0.29, 0.717) is 48.9 Å². The molecule has 4 rings (SSSR count). The van der Waals surface area contributed by atoms with E-state index in [0.717, 1.165) is 37.1 Å². The van der Waals surface area contributed by atoms with E-state index in [2.05, 4.69) is 25.2 Å². The molecule has 10 heteroatoms. The van der Waals surface area contributed by atoms with Crippen LogP contribution in [0.3, 0.4) is 0 Å². The molecule has 2 fully saturated rings. The lowest BCUT2D eigenvalue weighted by Gasteiger charge is -2.36. The normalized spacial score (nSPS) is 16.9. The van der Waals surface area contributed by atoms with Gasteiger partial charge in [-0.1, -0.05) is 42.3 Å². The second kappa shape index (κ2) is 11.0. The molecule has 2 aromatic rings. The number of amides is 2. The lowest BCUT2D eigenvalue weighted by Crippen LogP contribution is -2.50. The average molecular weight is 475 g/mol. The lowest BCUT2D eigenvalue weighted by molar-refractivity contribution is -0.135. The molecule has 0 unspecified atom stereocenters. The van der Waals surface area contributed by atoms with Crippen LogP contribution in [0.4, 0.5) is 5.82 Å². The van der Waals surface area contributed by atoms with Gasteiger partial charge in [0.15, 0.2) is 5.16 Å².